The largest absolute Gasteiger partial charge is 0.481 e. The summed E-state index contributed by atoms with van der Waals surface area (Å²) in [5.74, 6) is -0.731. The molecule has 7 nitrogen and oxygen atoms in total. The first-order valence-corrected chi connectivity index (χ1v) is 12.3. The van der Waals surface area contributed by atoms with Crippen LogP contribution in [0.2, 0.25) is 0 Å². The molecular weight excluding hydrogens is 447 g/mol. The topological polar surface area (TPSA) is 90.5 Å². The summed E-state index contributed by atoms with van der Waals surface area (Å²) >= 11 is 0. The van der Waals surface area contributed by atoms with Gasteiger partial charge in [-0.2, -0.15) is 0 Å². The normalized spacial score (nSPS) is 19.0. The number of hydrogen-bond donors (Lipinski definition) is 3. The van der Waals surface area contributed by atoms with Crippen molar-refractivity contribution in [3.05, 3.63) is 58.9 Å². The van der Waals surface area contributed by atoms with Crippen molar-refractivity contribution >= 4 is 16.9 Å². The number of alkyl halides is 1. The average molecular weight is 483 g/mol. The fourth-order valence-corrected chi connectivity index (χ4v) is 5.03. The van der Waals surface area contributed by atoms with Crippen molar-refractivity contribution in [1.29, 1.82) is 0 Å². The molecule has 0 aliphatic carbocycles. The lowest BCUT2D eigenvalue weighted by Gasteiger charge is -2.42. The first-order valence-electron chi connectivity index (χ1n) is 12.3. The minimum atomic E-state index is -0.797. The predicted molar refractivity (Wildman–Crippen MR) is 135 cm³/mol. The number of ether oxygens (including phenoxy) is 1. The van der Waals surface area contributed by atoms with Gasteiger partial charge in [-0.1, -0.05) is 25.1 Å². The number of hydrogen-bond acceptors (Lipinski definition) is 5. The Bertz CT molecular complexity index is 1160. The number of para-hydroxylation sites is 1. The molecule has 35 heavy (non-hydrogen) atoms. The third-order valence-electron chi connectivity index (χ3n) is 6.92. The van der Waals surface area contributed by atoms with Crippen molar-refractivity contribution in [2.45, 2.75) is 45.7 Å². The highest BCUT2D eigenvalue weighted by Crippen LogP contribution is 2.42. The van der Waals surface area contributed by atoms with E-state index in [4.69, 9.17) is 4.74 Å². The van der Waals surface area contributed by atoms with E-state index < -0.39 is 11.9 Å². The molecule has 0 radical (unpaired) electrons. The van der Waals surface area contributed by atoms with Crippen LogP contribution in [0.4, 0.5) is 4.39 Å². The first kappa shape index (κ1) is 25.1. The van der Waals surface area contributed by atoms with E-state index in [0.29, 0.717) is 38.5 Å². The molecule has 0 saturated carbocycles. The van der Waals surface area contributed by atoms with Gasteiger partial charge in [0.1, 0.15) is 6.61 Å². The lowest BCUT2D eigenvalue weighted by Crippen LogP contribution is -2.46. The monoisotopic (exact) mass is 482 g/mol. The van der Waals surface area contributed by atoms with Gasteiger partial charge in [-0.05, 0) is 56.5 Å². The summed E-state index contributed by atoms with van der Waals surface area (Å²) in [4.78, 5) is 22.2. The van der Waals surface area contributed by atoms with Crippen molar-refractivity contribution in [2.75, 3.05) is 32.9 Å². The van der Waals surface area contributed by atoms with Gasteiger partial charge in [0.2, 0.25) is 5.88 Å². The minimum absolute atomic E-state index is 0.143. The number of halogens is 1. The molecule has 0 amide bonds. The van der Waals surface area contributed by atoms with E-state index in [0.717, 1.165) is 28.8 Å². The molecule has 2 aromatic heterocycles. The molecule has 1 aliphatic heterocycles. The molecule has 0 fully saturated rings. The first-order chi connectivity index (χ1) is 16.9. The summed E-state index contributed by atoms with van der Waals surface area (Å²) < 4.78 is 18.3. The van der Waals surface area contributed by atoms with Gasteiger partial charge in [0.05, 0.1) is 18.6 Å². The molecule has 3 N–H and O–H groups in total. The zero-order valence-corrected chi connectivity index (χ0v) is 20.7. The maximum Gasteiger partial charge on any atom is 0.307 e. The van der Waals surface area contributed by atoms with Crippen molar-refractivity contribution in [1.82, 2.24) is 20.2 Å². The summed E-state index contributed by atoms with van der Waals surface area (Å²) in [6.45, 7) is 7.71. The molecule has 0 bridgehead atoms. The Morgan fingerprint density at radius 3 is 2.91 bits per heavy atom. The highest BCUT2D eigenvalue weighted by molar-refractivity contribution is 5.85. The number of rotatable bonds is 11. The number of pyridine rings is 1. The summed E-state index contributed by atoms with van der Waals surface area (Å²) in [5.41, 5.74) is 5.47. The second kappa shape index (κ2) is 11.2. The van der Waals surface area contributed by atoms with E-state index in [-0.39, 0.29) is 18.8 Å². The predicted octanol–water partition coefficient (Wildman–Crippen LogP) is 4.26. The van der Waals surface area contributed by atoms with Crippen LogP contribution in [0.25, 0.3) is 10.9 Å². The van der Waals surface area contributed by atoms with E-state index in [1.54, 1.807) is 13.1 Å². The number of carboxylic acids is 1. The molecule has 8 heteroatoms. The third kappa shape index (κ3) is 5.33. The highest BCUT2D eigenvalue weighted by Gasteiger charge is 2.38. The lowest BCUT2D eigenvalue weighted by molar-refractivity contribution is -0.142. The Labute approximate surface area is 205 Å². The smallest absolute Gasteiger partial charge is 0.307 e. The molecule has 1 aliphatic rings. The molecule has 3 heterocycles. The number of aromatic nitrogens is 2. The van der Waals surface area contributed by atoms with E-state index in [2.05, 4.69) is 45.3 Å². The number of benzene rings is 1. The molecule has 188 valence electrons. The Hall–Kier alpha value is -2.97. The standard InChI is InChI=1S/C27H35FN4O3/c1-17(27(33)34)16-32-18(2)15-22-21-7-4-5-8-23(21)31-24(22)25(32)20-9-12-30-26(19(20)3)35-14-13-29-11-6-10-28/h4-5,7-9,12,17-18,25,29,31H,6,10-11,13-16H2,1-3H3,(H,33,34)/t17?,18-,25?/m1/s1. The van der Waals surface area contributed by atoms with Gasteiger partial charge in [0, 0.05) is 47.5 Å². The van der Waals surface area contributed by atoms with E-state index in [9.17, 15) is 14.3 Å². The number of fused-ring (bicyclic) bond motifs is 3. The zero-order chi connectivity index (χ0) is 24.9. The van der Waals surface area contributed by atoms with Crippen molar-refractivity contribution in [2.24, 2.45) is 5.92 Å². The number of aliphatic carboxylic acids is 1. The van der Waals surface area contributed by atoms with Crippen LogP contribution in [-0.2, 0) is 11.2 Å². The van der Waals surface area contributed by atoms with E-state index in [1.165, 1.54) is 10.9 Å². The van der Waals surface area contributed by atoms with Gasteiger partial charge in [-0.25, -0.2) is 4.98 Å². The van der Waals surface area contributed by atoms with Gasteiger partial charge < -0.3 is 20.1 Å². The molecule has 0 spiro atoms. The van der Waals surface area contributed by atoms with Crippen molar-refractivity contribution < 1.29 is 19.0 Å². The van der Waals surface area contributed by atoms with Crippen LogP contribution in [0, 0.1) is 12.8 Å². The van der Waals surface area contributed by atoms with Crippen LogP contribution in [0.15, 0.2) is 36.5 Å². The Balaban J connectivity index is 1.70. The van der Waals surface area contributed by atoms with Crippen LogP contribution in [0.3, 0.4) is 0 Å². The SMILES string of the molecule is Cc1c(C2c3[nH]c4ccccc4c3C[C@@H](C)N2CC(C)C(=O)O)ccnc1OCCNCCCF. The second-order valence-electron chi connectivity index (χ2n) is 9.43. The minimum Gasteiger partial charge on any atom is -0.481 e. The van der Waals surface area contributed by atoms with Crippen molar-refractivity contribution in [3.8, 4) is 5.88 Å². The zero-order valence-electron chi connectivity index (χ0n) is 20.7. The Morgan fingerprint density at radius 2 is 2.14 bits per heavy atom. The van der Waals surface area contributed by atoms with Gasteiger partial charge in [-0.3, -0.25) is 14.1 Å². The Kier molecular flexibility index (Phi) is 8.03. The van der Waals surface area contributed by atoms with Gasteiger partial charge in [-0.15, -0.1) is 0 Å². The highest BCUT2D eigenvalue weighted by atomic mass is 19.1. The number of nitrogens with one attached hydrogen (secondary N) is 2. The number of carbonyl (C=O) groups is 1. The maximum absolute atomic E-state index is 12.3. The van der Waals surface area contributed by atoms with Crippen LogP contribution in [0.5, 0.6) is 5.88 Å². The van der Waals surface area contributed by atoms with Crippen LogP contribution in [0.1, 0.15) is 48.7 Å². The van der Waals surface area contributed by atoms with Gasteiger partial charge >= 0.3 is 5.97 Å². The fourth-order valence-electron chi connectivity index (χ4n) is 5.03. The van der Waals surface area contributed by atoms with Gasteiger partial charge in [0.25, 0.3) is 0 Å². The van der Waals surface area contributed by atoms with Crippen LogP contribution < -0.4 is 10.1 Å². The quantitative estimate of drug-likeness (QED) is 0.354. The van der Waals surface area contributed by atoms with Gasteiger partial charge in [0.15, 0.2) is 0 Å². The van der Waals surface area contributed by atoms with Crippen LogP contribution >= 0.6 is 0 Å². The lowest BCUT2D eigenvalue weighted by atomic mass is 9.86. The second-order valence-corrected chi connectivity index (χ2v) is 9.43. The fraction of sp³-hybridized carbons (Fsp3) is 0.481. The summed E-state index contributed by atoms with van der Waals surface area (Å²) in [7, 11) is 0. The number of nitrogens with zero attached hydrogens (tertiary/aromatic N) is 2. The van der Waals surface area contributed by atoms with E-state index in [1.807, 2.05) is 19.1 Å². The molecule has 3 atom stereocenters. The number of carboxylic acid groups (broad SMARTS) is 1. The third-order valence-corrected chi connectivity index (χ3v) is 6.92. The summed E-state index contributed by atoms with van der Waals surface area (Å²) in [6.07, 6.45) is 3.10. The van der Waals surface area contributed by atoms with Crippen LogP contribution in [-0.4, -0.2) is 64.9 Å². The molecule has 0 saturated heterocycles. The number of aromatic amines is 1. The number of H-pyrrole nitrogens is 1. The maximum atomic E-state index is 12.3. The summed E-state index contributed by atoms with van der Waals surface area (Å²) in [5, 5.41) is 14.0. The molecule has 3 aromatic rings. The molecule has 2 unspecified atom stereocenters. The molecule has 4 rings (SSSR count). The molecular formula is C27H35FN4O3. The summed E-state index contributed by atoms with van der Waals surface area (Å²) in [6, 6.07) is 10.3. The average Bonchev–Trinajstić information content (AvgIpc) is 3.21. The molecule has 1 aromatic carbocycles. The Morgan fingerprint density at radius 1 is 1.34 bits per heavy atom. The van der Waals surface area contributed by atoms with E-state index >= 15 is 0 Å². The van der Waals surface area contributed by atoms with Crippen molar-refractivity contribution in [3.63, 3.8) is 0 Å².